The van der Waals surface area contributed by atoms with Crippen molar-refractivity contribution in [1.29, 1.82) is 0 Å². The molecule has 2 N–H and O–H groups in total. The number of halogens is 1. The largest absolute Gasteiger partial charge is 1.00 e. The maximum absolute atomic E-state index is 13.6. The highest BCUT2D eigenvalue weighted by Crippen LogP contribution is 2.27. The minimum absolute atomic E-state index is 0. The van der Waals surface area contributed by atoms with Crippen LogP contribution in [0.2, 0.25) is 0 Å². The van der Waals surface area contributed by atoms with E-state index in [1.54, 1.807) is 12.1 Å². The van der Waals surface area contributed by atoms with Crippen molar-refractivity contribution in [1.82, 2.24) is 0 Å². The van der Waals surface area contributed by atoms with Gasteiger partial charge in [-0.1, -0.05) is 48.0 Å². The average Bonchev–Trinajstić information content (AvgIpc) is 3.25. The summed E-state index contributed by atoms with van der Waals surface area (Å²) in [5.74, 6) is 0. The topological polar surface area (TPSA) is 62.1 Å². The number of aryl methyl sites for hydroxylation is 1. The summed E-state index contributed by atoms with van der Waals surface area (Å²) in [6, 6.07) is 20.3. The molecule has 3 aromatic carbocycles. The Labute approximate surface area is 190 Å². The quantitative estimate of drug-likeness (QED) is 0.494. The summed E-state index contributed by atoms with van der Waals surface area (Å²) in [7, 11) is -3.82. The predicted molar refractivity (Wildman–Crippen MR) is 120 cm³/mol. The number of hydrogen-bond donors (Lipinski definition) is 2. The van der Waals surface area contributed by atoms with E-state index in [0.717, 1.165) is 29.4 Å². The van der Waals surface area contributed by atoms with E-state index in [2.05, 4.69) is 0 Å². The molecule has 31 heavy (non-hydrogen) atoms. The van der Waals surface area contributed by atoms with Gasteiger partial charge >= 0.3 is 0 Å². The van der Waals surface area contributed by atoms with E-state index >= 15 is 0 Å². The Balaban J connectivity index is 0.00000272. The number of rotatable bonds is 7. The lowest BCUT2D eigenvalue weighted by molar-refractivity contribution is -0.890. The number of aliphatic hydroxyl groups is 1. The van der Waals surface area contributed by atoms with E-state index in [1.807, 2.05) is 61.5 Å². The third-order valence-corrected chi connectivity index (χ3v) is 7.63. The summed E-state index contributed by atoms with van der Waals surface area (Å²) in [5.41, 5.74) is 1.63. The number of aliphatic hydroxyl groups excluding tert-OH is 1. The predicted octanol–water partition coefficient (Wildman–Crippen LogP) is -0.613. The van der Waals surface area contributed by atoms with Gasteiger partial charge in [-0.05, 0) is 42.0 Å². The lowest BCUT2D eigenvalue weighted by Crippen LogP contribution is -3.11. The molecule has 0 spiro atoms. The van der Waals surface area contributed by atoms with E-state index in [4.69, 9.17) is 0 Å². The fourth-order valence-electron chi connectivity index (χ4n) is 4.18. The number of likely N-dealkylation sites (tertiary alicyclic amines) is 1. The number of quaternary nitrogens is 1. The fraction of sp³-hybridized carbons (Fsp3) is 0.333. The summed E-state index contributed by atoms with van der Waals surface area (Å²) < 4.78 is 28.6. The molecule has 1 aliphatic heterocycles. The SMILES string of the molecule is Cc1ccc(N(CC(O)C[NH+]2CCCC2)S(=O)(=O)c2ccc3ccccc3c2)cc1.[Cl-]. The summed E-state index contributed by atoms with van der Waals surface area (Å²) >= 11 is 0. The lowest BCUT2D eigenvalue weighted by Gasteiger charge is -2.28. The van der Waals surface area contributed by atoms with Crippen LogP contribution in [-0.4, -0.2) is 45.8 Å². The number of nitrogens with zero attached hydrogens (tertiary/aromatic N) is 1. The normalized spacial score (nSPS) is 15.5. The van der Waals surface area contributed by atoms with Crippen LogP contribution in [0.15, 0.2) is 71.6 Å². The fourth-order valence-corrected chi connectivity index (χ4v) is 5.71. The van der Waals surface area contributed by atoms with Gasteiger partial charge in [-0.2, -0.15) is 0 Å². The molecule has 1 aliphatic rings. The Morgan fingerprint density at radius 3 is 2.29 bits per heavy atom. The van der Waals surface area contributed by atoms with Crippen molar-refractivity contribution < 1.29 is 30.8 Å². The molecule has 0 amide bonds. The molecule has 1 saturated heterocycles. The highest BCUT2D eigenvalue weighted by Gasteiger charge is 2.29. The summed E-state index contributed by atoms with van der Waals surface area (Å²) in [5, 5.41) is 12.6. The number of fused-ring (bicyclic) bond motifs is 1. The number of benzene rings is 3. The average molecular weight is 461 g/mol. The smallest absolute Gasteiger partial charge is 0.264 e. The Morgan fingerprint density at radius 1 is 0.968 bits per heavy atom. The Kier molecular flexibility index (Phi) is 7.59. The van der Waals surface area contributed by atoms with Gasteiger partial charge in [0.15, 0.2) is 0 Å². The Bertz CT molecular complexity index is 1110. The van der Waals surface area contributed by atoms with Gasteiger partial charge in [0.2, 0.25) is 0 Å². The van der Waals surface area contributed by atoms with Crippen molar-refractivity contribution in [3.63, 3.8) is 0 Å². The van der Waals surface area contributed by atoms with Crippen molar-refractivity contribution in [3.05, 3.63) is 72.3 Å². The number of hydrogen-bond acceptors (Lipinski definition) is 3. The molecule has 0 bridgehead atoms. The minimum Gasteiger partial charge on any atom is -1.00 e. The van der Waals surface area contributed by atoms with Gasteiger partial charge in [-0.3, -0.25) is 4.31 Å². The molecule has 4 rings (SSSR count). The molecule has 3 aromatic rings. The second-order valence-electron chi connectivity index (χ2n) is 8.20. The van der Waals surface area contributed by atoms with E-state index in [-0.39, 0.29) is 23.8 Å². The summed E-state index contributed by atoms with van der Waals surface area (Å²) in [4.78, 5) is 1.58. The van der Waals surface area contributed by atoms with E-state index in [1.165, 1.54) is 22.0 Å². The zero-order chi connectivity index (χ0) is 21.1. The Hall–Kier alpha value is -2.12. The van der Waals surface area contributed by atoms with Crippen molar-refractivity contribution >= 4 is 26.5 Å². The molecular formula is C24H29ClN2O3S. The van der Waals surface area contributed by atoms with Gasteiger partial charge in [0.1, 0.15) is 12.6 Å². The third-order valence-electron chi connectivity index (χ3n) is 5.84. The van der Waals surface area contributed by atoms with Crippen molar-refractivity contribution in [2.75, 3.05) is 30.5 Å². The second-order valence-corrected chi connectivity index (χ2v) is 10.1. The molecule has 1 unspecified atom stereocenters. The first kappa shape index (κ1) is 23.5. The summed E-state index contributed by atoms with van der Waals surface area (Å²) in [6.45, 7) is 4.66. The van der Waals surface area contributed by atoms with Crippen molar-refractivity contribution in [2.45, 2.75) is 30.8 Å². The molecule has 1 fully saturated rings. The van der Waals surface area contributed by atoms with Gasteiger partial charge in [0.05, 0.1) is 30.2 Å². The molecule has 0 aromatic heterocycles. The van der Waals surface area contributed by atoms with Crippen LogP contribution in [0, 0.1) is 6.92 Å². The van der Waals surface area contributed by atoms with Crippen molar-refractivity contribution in [3.8, 4) is 0 Å². The van der Waals surface area contributed by atoms with Gasteiger partial charge < -0.3 is 22.4 Å². The minimum atomic E-state index is -3.82. The van der Waals surface area contributed by atoms with Crippen LogP contribution >= 0.6 is 0 Å². The molecule has 1 heterocycles. The van der Waals surface area contributed by atoms with Crippen molar-refractivity contribution in [2.24, 2.45) is 0 Å². The highest BCUT2D eigenvalue weighted by molar-refractivity contribution is 7.92. The van der Waals surface area contributed by atoms with Crippen LogP contribution < -0.4 is 21.6 Å². The molecule has 0 saturated carbocycles. The van der Waals surface area contributed by atoms with E-state index in [0.29, 0.717) is 12.2 Å². The first-order valence-electron chi connectivity index (χ1n) is 10.5. The number of sulfonamides is 1. The van der Waals surface area contributed by atoms with Crippen LogP contribution in [0.5, 0.6) is 0 Å². The number of anilines is 1. The van der Waals surface area contributed by atoms with Crippen LogP contribution in [-0.2, 0) is 10.0 Å². The van der Waals surface area contributed by atoms with E-state index in [9.17, 15) is 13.5 Å². The maximum atomic E-state index is 13.6. The first-order chi connectivity index (χ1) is 14.4. The lowest BCUT2D eigenvalue weighted by atomic mass is 10.1. The molecule has 5 nitrogen and oxygen atoms in total. The molecular weight excluding hydrogens is 432 g/mol. The zero-order valence-electron chi connectivity index (χ0n) is 17.7. The highest BCUT2D eigenvalue weighted by atomic mass is 35.5. The molecule has 0 aliphatic carbocycles. The zero-order valence-corrected chi connectivity index (χ0v) is 19.2. The van der Waals surface area contributed by atoms with Crippen LogP contribution in [0.4, 0.5) is 5.69 Å². The van der Waals surface area contributed by atoms with Gasteiger partial charge in [0.25, 0.3) is 10.0 Å². The van der Waals surface area contributed by atoms with Crippen LogP contribution in [0.3, 0.4) is 0 Å². The maximum Gasteiger partial charge on any atom is 0.264 e. The third kappa shape index (κ3) is 5.39. The van der Waals surface area contributed by atoms with Gasteiger partial charge in [-0.15, -0.1) is 0 Å². The van der Waals surface area contributed by atoms with E-state index < -0.39 is 16.1 Å². The van der Waals surface area contributed by atoms with Gasteiger partial charge in [-0.25, -0.2) is 8.42 Å². The summed E-state index contributed by atoms with van der Waals surface area (Å²) in [6.07, 6.45) is 1.60. The second kappa shape index (κ2) is 10.0. The van der Waals surface area contributed by atoms with Crippen LogP contribution in [0.1, 0.15) is 18.4 Å². The standard InChI is InChI=1S/C24H28N2O3S.ClH/c1-19-8-11-22(12-9-19)26(18-23(27)17-25-14-4-5-15-25)30(28,29)24-13-10-20-6-2-3-7-21(20)16-24;/h2-3,6-13,16,23,27H,4-5,14-15,17-18H2,1H3;1H. The monoisotopic (exact) mass is 460 g/mol. The Morgan fingerprint density at radius 2 is 1.61 bits per heavy atom. The van der Waals surface area contributed by atoms with Crippen LogP contribution in [0.25, 0.3) is 10.8 Å². The molecule has 0 radical (unpaired) electrons. The molecule has 7 heteroatoms. The van der Waals surface area contributed by atoms with Gasteiger partial charge in [0, 0.05) is 12.8 Å². The molecule has 1 atom stereocenters. The number of nitrogens with one attached hydrogen (secondary N) is 1. The molecule has 166 valence electrons. The first-order valence-corrected chi connectivity index (χ1v) is 12.0.